The Morgan fingerprint density at radius 1 is 0.870 bits per heavy atom. The van der Waals surface area contributed by atoms with Crippen LogP contribution in [0.15, 0.2) is 52.9 Å². The van der Waals surface area contributed by atoms with Gasteiger partial charge in [0.05, 0.1) is 0 Å². The highest BCUT2D eigenvalue weighted by atomic mass is 19.1. The molecule has 1 aromatic heterocycles. The van der Waals surface area contributed by atoms with Crippen molar-refractivity contribution >= 4 is 0 Å². The Morgan fingerprint density at radius 2 is 1.57 bits per heavy atom. The van der Waals surface area contributed by atoms with E-state index in [1.165, 1.54) is 17.7 Å². The summed E-state index contributed by atoms with van der Waals surface area (Å²) in [5.74, 6) is 1.04. The molecule has 118 valence electrons. The highest BCUT2D eigenvalue weighted by molar-refractivity contribution is 5.52. The average Bonchev–Trinajstić information content (AvgIpc) is 3.03. The van der Waals surface area contributed by atoms with Gasteiger partial charge >= 0.3 is 0 Å². The molecule has 0 aliphatic heterocycles. The van der Waals surface area contributed by atoms with Crippen LogP contribution in [0, 0.1) is 12.7 Å². The van der Waals surface area contributed by atoms with E-state index in [-0.39, 0.29) is 5.82 Å². The predicted octanol–water partition coefficient (Wildman–Crippen LogP) is 4.75. The molecule has 1 heterocycles. The Kier molecular flexibility index (Phi) is 4.81. The fraction of sp³-hybridized carbons (Fsp3) is 0.263. The molecule has 3 rings (SSSR count). The summed E-state index contributed by atoms with van der Waals surface area (Å²) in [6.45, 7) is 2.05. The minimum Gasteiger partial charge on any atom is -0.421 e. The quantitative estimate of drug-likeness (QED) is 0.617. The van der Waals surface area contributed by atoms with Crippen molar-refractivity contribution in [1.29, 1.82) is 0 Å². The zero-order valence-corrected chi connectivity index (χ0v) is 13.1. The smallest absolute Gasteiger partial charge is 0.247 e. The number of rotatable bonds is 6. The second kappa shape index (κ2) is 7.18. The SMILES string of the molecule is Cc1ccc(-c2nnc(CCCCc3ccc(F)cc3)o2)cc1. The number of hydrogen-bond donors (Lipinski definition) is 0. The molecule has 2 aromatic carbocycles. The van der Waals surface area contributed by atoms with Crippen molar-refractivity contribution in [2.24, 2.45) is 0 Å². The molecule has 0 saturated heterocycles. The van der Waals surface area contributed by atoms with E-state index in [0.29, 0.717) is 11.8 Å². The van der Waals surface area contributed by atoms with Crippen LogP contribution in [0.25, 0.3) is 11.5 Å². The van der Waals surface area contributed by atoms with Gasteiger partial charge in [0, 0.05) is 12.0 Å². The van der Waals surface area contributed by atoms with E-state index in [1.807, 2.05) is 43.3 Å². The molecule has 0 spiro atoms. The summed E-state index contributed by atoms with van der Waals surface area (Å²) >= 11 is 0. The van der Waals surface area contributed by atoms with Crippen LogP contribution in [0.3, 0.4) is 0 Å². The summed E-state index contributed by atoms with van der Waals surface area (Å²) in [6.07, 6.45) is 3.67. The molecular formula is C19H19FN2O. The Bertz CT molecular complexity index is 748. The molecule has 0 fully saturated rings. The van der Waals surface area contributed by atoms with Gasteiger partial charge in [-0.2, -0.15) is 0 Å². The molecule has 0 aliphatic carbocycles. The van der Waals surface area contributed by atoms with Gasteiger partial charge in [-0.3, -0.25) is 0 Å². The molecule has 3 aromatic rings. The Balaban J connectivity index is 1.49. The van der Waals surface area contributed by atoms with E-state index < -0.39 is 0 Å². The molecule has 4 heteroatoms. The molecule has 23 heavy (non-hydrogen) atoms. The van der Waals surface area contributed by atoms with E-state index in [0.717, 1.165) is 36.8 Å². The molecule has 0 aliphatic rings. The second-order valence-corrected chi connectivity index (χ2v) is 5.70. The molecule has 0 amide bonds. The van der Waals surface area contributed by atoms with Gasteiger partial charge in [-0.25, -0.2) is 4.39 Å². The molecule has 0 N–H and O–H groups in total. The van der Waals surface area contributed by atoms with Gasteiger partial charge in [0.15, 0.2) is 0 Å². The number of benzene rings is 2. The van der Waals surface area contributed by atoms with E-state index in [9.17, 15) is 4.39 Å². The summed E-state index contributed by atoms with van der Waals surface area (Å²) in [4.78, 5) is 0. The molecule has 0 bridgehead atoms. The van der Waals surface area contributed by atoms with Gasteiger partial charge in [-0.15, -0.1) is 10.2 Å². The first-order valence-corrected chi connectivity index (χ1v) is 7.84. The third kappa shape index (κ3) is 4.25. The average molecular weight is 310 g/mol. The summed E-state index contributed by atoms with van der Waals surface area (Å²) < 4.78 is 18.5. The number of halogens is 1. The van der Waals surface area contributed by atoms with Crippen LogP contribution < -0.4 is 0 Å². The highest BCUT2D eigenvalue weighted by Gasteiger charge is 2.08. The summed E-state index contributed by atoms with van der Waals surface area (Å²) in [6, 6.07) is 14.7. The van der Waals surface area contributed by atoms with Crippen LogP contribution in [0.5, 0.6) is 0 Å². The summed E-state index contributed by atoms with van der Waals surface area (Å²) in [5, 5.41) is 8.21. The topological polar surface area (TPSA) is 38.9 Å². The largest absolute Gasteiger partial charge is 0.421 e. The standard InChI is InChI=1S/C19H19FN2O/c1-14-6-10-16(11-7-14)19-22-21-18(23-19)5-3-2-4-15-8-12-17(20)13-9-15/h6-13H,2-5H2,1H3. The van der Waals surface area contributed by atoms with Crippen LogP contribution in [-0.4, -0.2) is 10.2 Å². The maximum atomic E-state index is 12.8. The lowest BCUT2D eigenvalue weighted by atomic mass is 10.1. The predicted molar refractivity (Wildman–Crippen MR) is 87.5 cm³/mol. The van der Waals surface area contributed by atoms with Crippen LogP contribution in [0.4, 0.5) is 4.39 Å². The minimum absolute atomic E-state index is 0.191. The number of aryl methyl sites for hydroxylation is 3. The van der Waals surface area contributed by atoms with Crippen molar-refractivity contribution in [3.63, 3.8) is 0 Å². The van der Waals surface area contributed by atoms with Crippen molar-refractivity contribution in [1.82, 2.24) is 10.2 Å². The van der Waals surface area contributed by atoms with Crippen LogP contribution in [-0.2, 0) is 12.8 Å². The van der Waals surface area contributed by atoms with Gasteiger partial charge in [-0.05, 0) is 56.0 Å². The molecular weight excluding hydrogens is 291 g/mol. The van der Waals surface area contributed by atoms with Crippen LogP contribution in [0.1, 0.15) is 29.9 Å². The van der Waals surface area contributed by atoms with E-state index >= 15 is 0 Å². The first-order chi connectivity index (χ1) is 11.2. The maximum absolute atomic E-state index is 12.8. The van der Waals surface area contributed by atoms with Crippen molar-refractivity contribution in [2.75, 3.05) is 0 Å². The Hall–Kier alpha value is -2.49. The van der Waals surface area contributed by atoms with Crippen molar-refractivity contribution in [3.05, 3.63) is 71.4 Å². The van der Waals surface area contributed by atoms with Gasteiger partial charge < -0.3 is 4.42 Å². The lowest BCUT2D eigenvalue weighted by Crippen LogP contribution is -1.90. The molecule has 3 nitrogen and oxygen atoms in total. The van der Waals surface area contributed by atoms with Crippen LogP contribution >= 0.6 is 0 Å². The summed E-state index contributed by atoms with van der Waals surface area (Å²) in [5.41, 5.74) is 3.30. The third-order valence-electron chi connectivity index (χ3n) is 3.78. The molecule has 0 saturated carbocycles. The molecule has 0 radical (unpaired) electrons. The number of aromatic nitrogens is 2. The van der Waals surface area contributed by atoms with E-state index in [1.54, 1.807) is 0 Å². The Labute approximate surface area is 135 Å². The maximum Gasteiger partial charge on any atom is 0.247 e. The van der Waals surface area contributed by atoms with Crippen molar-refractivity contribution in [3.8, 4) is 11.5 Å². The lowest BCUT2D eigenvalue weighted by Gasteiger charge is -2.00. The van der Waals surface area contributed by atoms with Gasteiger partial charge in [0.2, 0.25) is 11.8 Å². The zero-order chi connectivity index (χ0) is 16.1. The van der Waals surface area contributed by atoms with Crippen molar-refractivity contribution < 1.29 is 8.81 Å². The first kappa shape index (κ1) is 15.4. The molecule has 0 unspecified atom stereocenters. The van der Waals surface area contributed by atoms with Crippen molar-refractivity contribution in [2.45, 2.75) is 32.6 Å². The van der Waals surface area contributed by atoms with E-state index in [4.69, 9.17) is 4.42 Å². The first-order valence-electron chi connectivity index (χ1n) is 7.84. The fourth-order valence-corrected chi connectivity index (χ4v) is 2.42. The lowest BCUT2D eigenvalue weighted by molar-refractivity contribution is 0.493. The third-order valence-corrected chi connectivity index (χ3v) is 3.78. The number of unbranched alkanes of at least 4 members (excludes halogenated alkanes) is 1. The fourth-order valence-electron chi connectivity index (χ4n) is 2.42. The highest BCUT2D eigenvalue weighted by Crippen LogP contribution is 2.19. The van der Waals surface area contributed by atoms with Gasteiger partial charge in [-0.1, -0.05) is 29.8 Å². The number of hydrogen-bond acceptors (Lipinski definition) is 3. The second-order valence-electron chi connectivity index (χ2n) is 5.70. The Morgan fingerprint density at radius 3 is 2.30 bits per heavy atom. The summed E-state index contributed by atoms with van der Waals surface area (Å²) in [7, 11) is 0. The number of nitrogens with zero attached hydrogens (tertiary/aromatic N) is 2. The normalized spacial score (nSPS) is 10.9. The monoisotopic (exact) mass is 310 g/mol. The van der Waals surface area contributed by atoms with E-state index in [2.05, 4.69) is 10.2 Å². The van der Waals surface area contributed by atoms with Crippen LogP contribution in [0.2, 0.25) is 0 Å². The zero-order valence-electron chi connectivity index (χ0n) is 13.1. The molecule has 0 atom stereocenters. The van der Waals surface area contributed by atoms with Gasteiger partial charge in [0.1, 0.15) is 5.82 Å². The minimum atomic E-state index is -0.191. The van der Waals surface area contributed by atoms with Gasteiger partial charge in [0.25, 0.3) is 0 Å².